The Morgan fingerprint density at radius 2 is 1.13 bits per heavy atom. The van der Waals surface area contributed by atoms with Crippen molar-refractivity contribution in [3.8, 4) is 0 Å². The molecule has 0 aliphatic carbocycles. The summed E-state index contributed by atoms with van der Waals surface area (Å²) in [6.07, 6.45) is 4.37. The standard InChI is InChI=1S/C28H33OSi/c1-19-15-21(3)27(22(4)16-19)30(28-23(5)17-20(2)18-24(28)6)29-25(7)13-14-26-11-9-8-10-12-26/h8-18,25H,1-7H3/b14-13+/t25-/m0/s1. The zero-order valence-electron chi connectivity index (χ0n) is 19.3. The Morgan fingerprint density at radius 1 is 0.700 bits per heavy atom. The Kier molecular flexibility index (Phi) is 7.12. The fraction of sp³-hybridized carbons (Fsp3) is 0.286. The van der Waals surface area contributed by atoms with Gasteiger partial charge in [-0.25, -0.2) is 0 Å². The minimum atomic E-state index is -1.41. The third-order valence-electron chi connectivity index (χ3n) is 5.47. The van der Waals surface area contributed by atoms with Crippen molar-refractivity contribution in [3.63, 3.8) is 0 Å². The van der Waals surface area contributed by atoms with Crippen LogP contribution in [0.4, 0.5) is 0 Å². The molecule has 0 bridgehead atoms. The van der Waals surface area contributed by atoms with E-state index >= 15 is 0 Å². The molecule has 0 spiro atoms. The van der Waals surface area contributed by atoms with E-state index in [2.05, 4.69) is 109 Å². The number of aryl methyl sites for hydroxylation is 6. The number of benzene rings is 3. The first-order valence-electron chi connectivity index (χ1n) is 10.7. The van der Waals surface area contributed by atoms with Crippen molar-refractivity contribution in [1.29, 1.82) is 0 Å². The van der Waals surface area contributed by atoms with Gasteiger partial charge in [-0.1, -0.05) is 77.9 Å². The van der Waals surface area contributed by atoms with E-state index in [0.717, 1.165) is 0 Å². The number of hydrogen-bond donors (Lipinski definition) is 0. The Bertz CT molecular complexity index is 946. The fourth-order valence-corrected chi connectivity index (χ4v) is 7.01. The molecule has 3 aromatic carbocycles. The summed E-state index contributed by atoms with van der Waals surface area (Å²) in [7, 11) is -1.41. The maximum absolute atomic E-state index is 6.86. The normalized spacial score (nSPS) is 12.7. The molecule has 0 fully saturated rings. The average Bonchev–Trinajstić information content (AvgIpc) is 2.65. The molecule has 0 heterocycles. The Hall–Kier alpha value is -2.42. The highest BCUT2D eigenvalue weighted by Gasteiger charge is 2.28. The summed E-state index contributed by atoms with van der Waals surface area (Å²) in [5, 5.41) is 2.78. The molecule has 2 heteroatoms. The molecule has 0 saturated carbocycles. The molecular weight excluding hydrogens is 380 g/mol. The molecule has 0 N–H and O–H groups in total. The first kappa shape index (κ1) is 22.3. The predicted octanol–water partition coefficient (Wildman–Crippen LogP) is 5.76. The van der Waals surface area contributed by atoms with Gasteiger partial charge in [0, 0.05) is 0 Å². The SMILES string of the molecule is Cc1cc(C)c([Si](O[C@@H](C)/C=C/c2ccccc2)c2c(C)cc(C)cc2C)c(C)c1. The molecule has 0 aromatic heterocycles. The highest BCUT2D eigenvalue weighted by atomic mass is 28.3. The Labute approximate surface area is 184 Å². The van der Waals surface area contributed by atoms with Crippen LogP contribution >= 0.6 is 0 Å². The van der Waals surface area contributed by atoms with Gasteiger partial charge in [0.1, 0.15) is 0 Å². The molecule has 0 aliphatic rings. The second-order valence-corrected chi connectivity index (χ2v) is 10.4. The summed E-state index contributed by atoms with van der Waals surface area (Å²) in [4.78, 5) is 0. The maximum atomic E-state index is 6.86. The van der Waals surface area contributed by atoms with E-state index in [9.17, 15) is 0 Å². The molecular formula is C28H33OSi. The van der Waals surface area contributed by atoms with Crippen LogP contribution in [0.3, 0.4) is 0 Å². The van der Waals surface area contributed by atoms with Crippen molar-refractivity contribution >= 4 is 25.5 Å². The van der Waals surface area contributed by atoms with E-state index in [1.807, 2.05) is 6.07 Å². The second kappa shape index (κ2) is 9.59. The summed E-state index contributed by atoms with van der Waals surface area (Å²) >= 11 is 0. The molecule has 0 unspecified atom stereocenters. The van der Waals surface area contributed by atoms with Crippen LogP contribution in [0.5, 0.6) is 0 Å². The third-order valence-corrected chi connectivity index (χ3v) is 8.56. The predicted molar refractivity (Wildman–Crippen MR) is 132 cm³/mol. The summed E-state index contributed by atoms with van der Waals surface area (Å²) in [5.74, 6) is 0. The Balaban J connectivity index is 2.04. The summed E-state index contributed by atoms with van der Waals surface area (Å²) in [6, 6.07) is 19.6. The van der Waals surface area contributed by atoms with E-state index in [0.29, 0.717) is 0 Å². The molecule has 0 amide bonds. The number of rotatable bonds is 6. The van der Waals surface area contributed by atoms with Crippen molar-refractivity contribution < 1.29 is 4.43 Å². The summed E-state index contributed by atoms with van der Waals surface area (Å²) < 4.78 is 6.86. The zero-order chi connectivity index (χ0) is 21.8. The van der Waals surface area contributed by atoms with Gasteiger partial charge in [0.25, 0.3) is 9.04 Å². The first-order valence-corrected chi connectivity index (χ1v) is 12.1. The highest BCUT2D eigenvalue weighted by Crippen LogP contribution is 2.15. The minimum Gasteiger partial charge on any atom is -0.401 e. The molecule has 0 aliphatic heterocycles. The van der Waals surface area contributed by atoms with Crippen molar-refractivity contribution in [2.75, 3.05) is 0 Å². The fourth-order valence-electron chi connectivity index (χ4n) is 4.36. The van der Waals surface area contributed by atoms with E-state index < -0.39 is 9.04 Å². The van der Waals surface area contributed by atoms with Crippen LogP contribution in [0.25, 0.3) is 6.08 Å². The van der Waals surface area contributed by atoms with E-state index in [4.69, 9.17) is 4.43 Å². The zero-order valence-corrected chi connectivity index (χ0v) is 20.3. The van der Waals surface area contributed by atoms with E-state index in [1.54, 1.807) is 0 Å². The van der Waals surface area contributed by atoms with Crippen molar-refractivity contribution in [2.45, 2.75) is 54.6 Å². The maximum Gasteiger partial charge on any atom is 0.284 e. The molecule has 3 aromatic rings. The molecule has 30 heavy (non-hydrogen) atoms. The smallest absolute Gasteiger partial charge is 0.284 e. The van der Waals surface area contributed by atoms with E-state index in [1.165, 1.54) is 49.3 Å². The molecule has 1 nitrogen and oxygen atoms in total. The highest BCUT2D eigenvalue weighted by molar-refractivity contribution is 6.81. The lowest BCUT2D eigenvalue weighted by Gasteiger charge is -2.26. The van der Waals surface area contributed by atoms with Crippen molar-refractivity contribution in [1.82, 2.24) is 0 Å². The lowest BCUT2D eigenvalue weighted by atomic mass is 10.1. The lowest BCUT2D eigenvalue weighted by Crippen LogP contribution is -2.51. The summed E-state index contributed by atoms with van der Waals surface area (Å²) in [6.45, 7) is 15.4. The molecule has 1 atom stereocenters. The minimum absolute atomic E-state index is 0.0271. The van der Waals surface area contributed by atoms with Crippen molar-refractivity contribution in [2.24, 2.45) is 0 Å². The molecule has 3 rings (SSSR count). The largest absolute Gasteiger partial charge is 0.401 e. The van der Waals surface area contributed by atoms with Gasteiger partial charge >= 0.3 is 0 Å². The van der Waals surface area contributed by atoms with Crippen LogP contribution < -0.4 is 10.4 Å². The average molecular weight is 414 g/mol. The second-order valence-electron chi connectivity index (χ2n) is 8.47. The molecule has 1 radical (unpaired) electrons. The number of hydrogen-bond acceptors (Lipinski definition) is 1. The van der Waals surface area contributed by atoms with Gasteiger partial charge < -0.3 is 4.43 Å². The van der Waals surface area contributed by atoms with E-state index in [-0.39, 0.29) is 6.10 Å². The molecule has 0 saturated heterocycles. The van der Waals surface area contributed by atoms with Gasteiger partial charge in [-0.15, -0.1) is 0 Å². The first-order chi connectivity index (χ1) is 14.3. The summed E-state index contributed by atoms with van der Waals surface area (Å²) in [5.41, 5.74) is 9.15. The van der Waals surface area contributed by atoms with Gasteiger partial charge in [-0.3, -0.25) is 0 Å². The van der Waals surface area contributed by atoms with Crippen LogP contribution in [0.1, 0.15) is 45.9 Å². The van der Waals surface area contributed by atoms with Crippen LogP contribution in [-0.4, -0.2) is 15.1 Å². The molecule has 155 valence electrons. The quantitative estimate of drug-likeness (QED) is 0.467. The van der Waals surface area contributed by atoms with Gasteiger partial charge in [0.2, 0.25) is 0 Å². The van der Waals surface area contributed by atoms with Gasteiger partial charge in [0.05, 0.1) is 6.10 Å². The topological polar surface area (TPSA) is 9.23 Å². The van der Waals surface area contributed by atoms with Gasteiger partial charge in [-0.2, -0.15) is 0 Å². The van der Waals surface area contributed by atoms with Crippen LogP contribution in [0, 0.1) is 41.5 Å². The van der Waals surface area contributed by atoms with Crippen LogP contribution in [0.2, 0.25) is 0 Å². The Morgan fingerprint density at radius 3 is 1.57 bits per heavy atom. The lowest BCUT2D eigenvalue weighted by molar-refractivity contribution is 0.283. The van der Waals surface area contributed by atoms with Gasteiger partial charge in [0.15, 0.2) is 0 Å². The van der Waals surface area contributed by atoms with Crippen molar-refractivity contribution in [3.05, 3.63) is 99.6 Å². The van der Waals surface area contributed by atoms with Gasteiger partial charge in [-0.05, 0) is 86.7 Å². The van der Waals surface area contributed by atoms with Crippen LogP contribution in [-0.2, 0) is 4.43 Å². The monoisotopic (exact) mass is 413 g/mol. The van der Waals surface area contributed by atoms with Crippen LogP contribution in [0.15, 0.2) is 60.7 Å². The third kappa shape index (κ3) is 5.19.